The molecule has 9 nitrogen and oxygen atoms in total. The minimum Gasteiger partial charge on any atom is -0.494 e. The van der Waals surface area contributed by atoms with Crippen molar-refractivity contribution >= 4 is 23.3 Å². The summed E-state index contributed by atoms with van der Waals surface area (Å²) >= 11 is 0. The van der Waals surface area contributed by atoms with Gasteiger partial charge in [-0.1, -0.05) is 0 Å². The molecule has 1 fully saturated rings. The number of hydrogen-bond donors (Lipinski definition) is 2. The second-order valence-electron chi connectivity index (χ2n) is 5.78. The molecule has 1 aromatic rings. The molecule has 2 N–H and O–H groups in total. The van der Waals surface area contributed by atoms with E-state index in [2.05, 4.69) is 10.6 Å². The third-order valence-corrected chi connectivity index (χ3v) is 3.76. The van der Waals surface area contributed by atoms with E-state index in [4.69, 9.17) is 4.74 Å². The maximum absolute atomic E-state index is 12.1. The second-order valence-corrected chi connectivity index (χ2v) is 5.78. The fraction of sp³-hybridized carbons (Fsp3) is 0.467. The van der Waals surface area contributed by atoms with E-state index in [1.165, 1.54) is 25.3 Å². The van der Waals surface area contributed by atoms with E-state index in [-0.39, 0.29) is 35.8 Å². The first-order valence-corrected chi connectivity index (χ1v) is 7.51. The molecule has 0 radical (unpaired) electrons. The van der Waals surface area contributed by atoms with Crippen molar-refractivity contribution in [2.75, 3.05) is 19.0 Å². The van der Waals surface area contributed by atoms with Gasteiger partial charge in [-0.3, -0.25) is 14.9 Å². The Morgan fingerprint density at radius 2 is 2.17 bits per heavy atom. The van der Waals surface area contributed by atoms with Gasteiger partial charge in [0.15, 0.2) is 0 Å². The number of methoxy groups -OCH3 is 1. The summed E-state index contributed by atoms with van der Waals surface area (Å²) in [5.74, 6) is 0.189. The van der Waals surface area contributed by atoms with E-state index in [0.717, 1.165) is 0 Å². The molecule has 9 heteroatoms. The zero-order chi connectivity index (χ0) is 17.9. The van der Waals surface area contributed by atoms with E-state index >= 15 is 0 Å². The van der Waals surface area contributed by atoms with E-state index in [1.807, 2.05) is 13.8 Å². The van der Waals surface area contributed by atoms with Crippen LogP contribution in [0.4, 0.5) is 16.2 Å². The molecule has 1 aliphatic rings. The molecular formula is C15H20N4O5. The average Bonchev–Trinajstić information content (AvgIpc) is 2.87. The molecule has 24 heavy (non-hydrogen) atoms. The highest BCUT2D eigenvalue weighted by molar-refractivity contribution is 5.92. The molecule has 130 valence electrons. The highest BCUT2D eigenvalue weighted by atomic mass is 16.6. The van der Waals surface area contributed by atoms with Crippen LogP contribution in [0.3, 0.4) is 0 Å². The van der Waals surface area contributed by atoms with Gasteiger partial charge in [-0.15, -0.1) is 0 Å². The van der Waals surface area contributed by atoms with Gasteiger partial charge in [-0.25, -0.2) is 4.79 Å². The quantitative estimate of drug-likeness (QED) is 0.628. The minimum absolute atomic E-state index is 0.00298. The van der Waals surface area contributed by atoms with Gasteiger partial charge in [-0.05, 0) is 19.9 Å². The summed E-state index contributed by atoms with van der Waals surface area (Å²) < 4.78 is 5.06. The van der Waals surface area contributed by atoms with Crippen LogP contribution in [0.25, 0.3) is 0 Å². The number of benzene rings is 1. The molecule has 0 spiro atoms. The molecule has 0 bridgehead atoms. The Morgan fingerprint density at radius 1 is 1.46 bits per heavy atom. The summed E-state index contributed by atoms with van der Waals surface area (Å²) in [6, 6.07) is 3.22. The number of carbonyl (C=O) groups is 2. The Bertz CT molecular complexity index is 661. The standard InChI is InChI=1S/C15H20N4O5/c1-9(2)18-8-10(6-14(18)20)16-15(21)17-12-5-4-11(19(22)23)7-13(12)24-3/h4-5,7,9-10H,6,8H2,1-3H3,(H2,16,17,21). The third-order valence-electron chi connectivity index (χ3n) is 3.76. The van der Waals surface area contributed by atoms with E-state index in [1.54, 1.807) is 4.90 Å². The number of carbonyl (C=O) groups excluding carboxylic acids is 2. The fourth-order valence-corrected chi connectivity index (χ4v) is 2.57. The van der Waals surface area contributed by atoms with E-state index in [0.29, 0.717) is 12.2 Å². The number of nitrogens with one attached hydrogen (secondary N) is 2. The Balaban J connectivity index is 2.00. The molecule has 1 atom stereocenters. The monoisotopic (exact) mass is 336 g/mol. The normalized spacial score (nSPS) is 17.1. The number of nitrogens with zero attached hydrogens (tertiary/aromatic N) is 2. The molecule has 0 aromatic heterocycles. The number of anilines is 1. The van der Waals surface area contributed by atoms with Gasteiger partial charge in [0.2, 0.25) is 5.91 Å². The number of amides is 3. The largest absolute Gasteiger partial charge is 0.494 e. The first-order valence-electron chi connectivity index (χ1n) is 7.51. The predicted octanol–water partition coefficient (Wildman–Crippen LogP) is 1.73. The zero-order valence-corrected chi connectivity index (χ0v) is 13.7. The molecule has 1 heterocycles. The number of urea groups is 1. The van der Waals surface area contributed by atoms with Crippen LogP contribution in [0.2, 0.25) is 0 Å². The minimum atomic E-state index is -0.545. The first-order chi connectivity index (χ1) is 11.3. The van der Waals surface area contributed by atoms with Gasteiger partial charge in [0.25, 0.3) is 5.69 Å². The SMILES string of the molecule is COc1cc([N+](=O)[O-])ccc1NC(=O)NC1CC(=O)N(C(C)C)C1. The van der Waals surface area contributed by atoms with E-state index in [9.17, 15) is 19.7 Å². The number of non-ortho nitro benzene ring substituents is 1. The molecular weight excluding hydrogens is 316 g/mol. The van der Waals surface area contributed by atoms with Crippen LogP contribution in [-0.2, 0) is 4.79 Å². The first kappa shape index (κ1) is 17.5. The van der Waals surface area contributed by atoms with Gasteiger partial charge in [0.1, 0.15) is 5.75 Å². The van der Waals surface area contributed by atoms with Crippen LogP contribution in [0.1, 0.15) is 20.3 Å². The molecule has 0 saturated carbocycles. The molecule has 1 unspecified atom stereocenters. The number of ether oxygens (including phenoxy) is 1. The summed E-state index contributed by atoms with van der Waals surface area (Å²) in [6.07, 6.45) is 0.253. The zero-order valence-electron chi connectivity index (χ0n) is 13.7. The summed E-state index contributed by atoms with van der Waals surface area (Å²) in [5.41, 5.74) is 0.178. The smallest absolute Gasteiger partial charge is 0.319 e. The molecule has 1 saturated heterocycles. The lowest BCUT2D eigenvalue weighted by Crippen LogP contribution is -2.40. The fourth-order valence-electron chi connectivity index (χ4n) is 2.57. The number of likely N-dealkylation sites (tertiary alicyclic amines) is 1. The lowest BCUT2D eigenvalue weighted by Gasteiger charge is -2.21. The van der Waals surface area contributed by atoms with Crippen molar-refractivity contribution in [2.24, 2.45) is 0 Å². The average molecular weight is 336 g/mol. The Hall–Kier alpha value is -2.84. The maximum atomic E-state index is 12.1. The molecule has 1 aromatic carbocycles. The van der Waals surface area contributed by atoms with Crippen LogP contribution in [0.15, 0.2) is 18.2 Å². The van der Waals surface area contributed by atoms with Crippen molar-refractivity contribution in [1.82, 2.24) is 10.2 Å². The number of nitro benzene ring substituents is 1. The van der Waals surface area contributed by atoms with Crippen LogP contribution in [0.5, 0.6) is 5.75 Å². The van der Waals surface area contributed by atoms with Gasteiger partial charge >= 0.3 is 6.03 Å². The molecule has 2 rings (SSSR count). The number of hydrogen-bond acceptors (Lipinski definition) is 5. The lowest BCUT2D eigenvalue weighted by atomic mass is 10.2. The highest BCUT2D eigenvalue weighted by Gasteiger charge is 2.32. The lowest BCUT2D eigenvalue weighted by molar-refractivity contribution is -0.384. The topological polar surface area (TPSA) is 114 Å². The molecule has 0 aliphatic carbocycles. The van der Waals surface area contributed by atoms with Crippen LogP contribution in [-0.4, -0.2) is 47.5 Å². The van der Waals surface area contributed by atoms with Gasteiger partial charge in [-0.2, -0.15) is 0 Å². The van der Waals surface area contributed by atoms with Crippen molar-refractivity contribution < 1.29 is 19.2 Å². The number of rotatable bonds is 5. The summed E-state index contributed by atoms with van der Waals surface area (Å²) in [7, 11) is 1.36. The highest BCUT2D eigenvalue weighted by Crippen LogP contribution is 2.29. The van der Waals surface area contributed by atoms with Gasteiger partial charge in [0, 0.05) is 25.1 Å². The van der Waals surface area contributed by atoms with Crippen molar-refractivity contribution in [3.8, 4) is 5.75 Å². The summed E-state index contributed by atoms with van der Waals surface area (Å²) in [6.45, 7) is 4.30. The van der Waals surface area contributed by atoms with E-state index < -0.39 is 11.0 Å². The van der Waals surface area contributed by atoms with Crippen molar-refractivity contribution in [2.45, 2.75) is 32.4 Å². The van der Waals surface area contributed by atoms with Crippen LogP contribution in [0, 0.1) is 10.1 Å². The van der Waals surface area contributed by atoms with Crippen LogP contribution >= 0.6 is 0 Å². The summed E-state index contributed by atoms with van der Waals surface area (Å²) in [5, 5.41) is 16.1. The van der Waals surface area contributed by atoms with Crippen molar-refractivity contribution in [3.63, 3.8) is 0 Å². The Morgan fingerprint density at radius 3 is 2.71 bits per heavy atom. The van der Waals surface area contributed by atoms with Gasteiger partial charge in [0.05, 0.1) is 29.8 Å². The number of nitro groups is 1. The molecule has 3 amide bonds. The van der Waals surface area contributed by atoms with Crippen molar-refractivity contribution in [3.05, 3.63) is 28.3 Å². The second kappa shape index (κ2) is 7.16. The Kier molecular flexibility index (Phi) is 5.22. The summed E-state index contributed by atoms with van der Waals surface area (Å²) in [4.78, 5) is 35.9. The maximum Gasteiger partial charge on any atom is 0.319 e. The van der Waals surface area contributed by atoms with Crippen LogP contribution < -0.4 is 15.4 Å². The predicted molar refractivity (Wildman–Crippen MR) is 87.1 cm³/mol. The van der Waals surface area contributed by atoms with Gasteiger partial charge < -0.3 is 20.3 Å². The van der Waals surface area contributed by atoms with Crippen molar-refractivity contribution in [1.29, 1.82) is 0 Å². The molecule has 1 aliphatic heterocycles. The Labute approximate surface area is 139 Å². The third kappa shape index (κ3) is 3.92.